The van der Waals surface area contributed by atoms with Crippen LogP contribution in [-0.4, -0.2) is 16.5 Å². The van der Waals surface area contributed by atoms with Gasteiger partial charge >= 0.3 is 0 Å². The maximum atomic E-state index is 5.56. The molecule has 0 bridgehead atoms. The lowest BCUT2D eigenvalue weighted by Gasteiger charge is -2.16. The summed E-state index contributed by atoms with van der Waals surface area (Å²) in [6.45, 7) is 3.31. The molecule has 2 rings (SSSR count). The van der Waals surface area contributed by atoms with E-state index in [1.54, 1.807) is 12.4 Å². The Morgan fingerprint density at radius 2 is 2.33 bits per heavy atom. The van der Waals surface area contributed by atoms with Gasteiger partial charge in [0.15, 0.2) is 0 Å². The largest absolute Gasteiger partial charge is 0.382 e. The average Bonchev–Trinajstić information content (AvgIpc) is 2.61. The summed E-state index contributed by atoms with van der Waals surface area (Å²) in [5.41, 5.74) is 5.56. The molecule has 3 N–H and O–H groups in total. The Balaban J connectivity index is 1.87. The summed E-state index contributed by atoms with van der Waals surface area (Å²) in [4.78, 5) is 8.16. The van der Waals surface area contributed by atoms with Crippen LogP contribution in [0.5, 0.6) is 0 Å². The highest BCUT2D eigenvalue weighted by molar-refractivity contribution is 5.38. The molecule has 0 radical (unpaired) electrons. The van der Waals surface area contributed by atoms with Gasteiger partial charge in [-0.15, -0.1) is 0 Å². The summed E-state index contributed by atoms with van der Waals surface area (Å²) in [5.74, 6) is 2.85. The summed E-state index contributed by atoms with van der Waals surface area (Å²) >= 11 is 0. The molecule has 1 aliphatic rings. The highest BCUT2D eigenvalue weighted by Gasteiger charge is 2.22. The van der Waals surface area contributed by atoms with Gasteiger partial charge < -0.3 is 11.1 Å². The van der Waals surface area contributed by atoms with E-state index in [1.165, 1.54) is 19.3 Å². The van der Waals surface area contributed by atoms with E-state index in [4.69, 9.17) is 5.73 Å². The molecule has 1 aromatic rings. The molecule has 1 fully saturated rings. The van der Waals surface area contributed by atoms with Crippen LogP contribution in [0.15, 0.2) is 12.4 Å². The highest BCUT2D eigenvalue weighted by Crippen LogP contribution is 2.30. The van der Waals surface area contributed by atoms with Crippen molar-refractivity contribution in [3.05, 3.63) is 12.4 Å². The second-order valence-electron chi connectivity index (χ2n) is 4.38. The third kappa shape index (κ3) is 2.58. The van der Waals surface area contributed by atoms with Crippen molar-refractivity contribution < 1.29 is 0 Å². The van der Waals surface area contributed by atoms with Gasteiger partial charge in [-0.25, -0.2) is 4.98 Å². The minimum atomic E-state index is 0.472. The van der Waals surface area contributed by atoms with E-state index in [0.29, 0.717) is 5.82 Å². The van der Waals surface area contributed by atoms with E-state index >= 15 is 0 Å². The number of nitrogens with one attached hydrogen (secondary N) is 1. The summed E-state index contributed by atoms with van der Waals surface area (Å²) in [7, 11) is 0. The van der Waals surface area contributed by atoms with Crippen molar-refractivity contribution in [2.24, 2.45) is 11.8 Å². The van der Waals surface area contributed by atoms with Gasteiger partial charge in [0.05, 0.1) is 12.4 Å². The van der Waals surface area contributed by atoms with Crippen molar-refractivity contribution in [3.8, 4) is 0 Å². The molecule has 0 aliphatic heterocycles. The standard InChI is InChI=1S/C11H18N4/c1-8-3-2-4-9(8)5-14-11-7-13-6-10(12)15-11/h6-9H,2-5H2,1H3,(H3,12,14,15). The molecule has 0 saturated heterocycles. The summed E-state index contributed by atoms with van der Waals surface area (Å²) in [6, 6.07) is 0. The number of rotatable bonds is 3. The van der Waals surface area contributed by atoms with Crippen molar-refractivity contribution in [3.63, 3.8) is 0 Å². The van der Waals surface area contributed by atoms with Crippen LogP contribution in [0.25, 0.3) is 0 Å². The lowest BCUT2D eigenvalue weighted by molar-refractivity contribution is 0.439. The zero-order valence-corrected chi connectivity index (χ0v) is 9.11. The first-order chi connectivity index (χ1) is 7.25. The molecule has 4 heteroatoms. The zero-order chi connectivity index (χ0) is 10.7. The van der Waals surface area contributed by atoms with E-state index in [-0.39, 0.29) is 0 Å². The fourth-order valence-corrected chi connectivity index (χ4v) is 2.23. The Hall–Kier alpha value is -1.32. The Bertz CT molecular complexity index is 326. The first-order valence-electron chi connectivity index (χ1n) is 5.57. The van der Waals surface area contributed by atoms with Crippen LogP contribution in [0.1, 0.15) is 26.2 Å². The number of hydrogen-bond acceptors (Lipinski definition) is 4. The minimum absolute atomic E-state index is 0.472. The number of aromatic nitrogens is 2. The lowest BCUT2D eigenvalue weighted by Crippen LogP contribution is -2.17. The molecule has 15 heavy (non-hydrogen) atoms. The van der Waals surface area contributed by atoms with Crippen LogP contribution >= 0.6 is 0 Å². The molecule has 1 aromatic heterocycles. The van der Waals surface area contributed by atoms with Crippen LogP contribution in [-0.2, 0) is 0 Å². The number of nitrogens with zero attached hydrogens (tertiary/aromatic N) is 2. The Labute approximate surface area is 90.3 Å². The number of nitrogen functional groups attached to an aromatic ring is 1. The molecular formula is C11H18N4. The van der Waals surface area contributed by atoms with E-state index < -0.39 is 0 Å². The number of nitrogens with two attached hydrogens (primary N) is 1. The topological polar surface area (TPSA) is 63.8 Å². The van der Waals surface area contributed by atoms with Crippen molar-refractivity contribution in [2.75, 3.05) is 17.6 Å². The van der Waals surface area contributed by atoms with Gasteiger partial charge in [0, 0.05) is 6.54 Å². The third-order valence-electron chi connectivity index (χ3n) is 3.24. The maximum absolute atomic E-state index is 5.56. The third-order valence-corrected chi connectivity index (χ3v) is 3.24. The summed E-state index contributed by atoms with van der Waals surface area (Å²) in [5, 5.41) is 3.30. The molecule has 1 heterocycles. The van der Waals surface area contributed by atoms with E-state index in [2.05, 4.69) is 22.2 Å². The van der Waals surface area contributed by atoms with Crippen molar-refractivity contribution >= 4 is 11.6 Å². The Kier molecular flexibility index (Phi) is 3.04. The fourth-order valence-electron chi connectivity index (χ4n) is 2.23. The van der Waals surface area contributed by atoms with Gasteiger partial charge in [0.1, 0.15) is 11.6 Å². The molecule has 0 spiro atoms. The van der Waals surface area contributed by atoms with Crippen LogP contribution in [0, 0.1) is 11.8 Å². The molecule has 1 aliphatic carbocycles. The molecule has 2 atom stereocenters. The highest BCUT2D eigenvalue weighted by atomic mass is 15.0. The first kappa shape index (κ1) is 10.2. The number of hydrogen-bond donors (Lipinski definition) is 2. The molecule has 82 valence electrons. The monoisotopic (exact) mass is 206 g/mol. The van der Waals surface area contributed by atoms with Gasteiger partial charge in [-0.05, 0) is 18.3 Å². The van der Waals surface area contributed by atoms with Crippen LogP contribution in [0.4, 0.5) is 11.6 Å². The van der Waals surface area contributed by atoms with Crippen molar-refractivity contribution in [1.29, 1.82) is 0 Å². The molecule has 4 nitrogen and oxygen atoms in total. The van der Waals surface area contributed by atoms with Gasteiger partial charge in [0.2, 0.25) is 0 Å². The van der Waals surface area contributed by atoms with E-state index in [9.17, 15) is 0 Å². The summed E-state index contributed by atoms with van der Waals surface area (Å²) < 4.78 is 0. The Morgan fingerprint density at radius 1 is 1.47 bits per heavy atom. The van der Waals surface area contributed by atoms with Gasteiger partial charge in [-0.2, -0.15) is 0 Å². The Morgan fingerprint density at radius 3 is 3.00 bits per heavy atom. The fraction of sp³-hybridized carbons (Fsp3) is 0.636. The van der Waals surface area contributed by atoms with Crippen molar-refractivity contribution in [1.82, 2.24) is 9.97 Å². The van der Waals surface area contributed by atoms with Crippen LogP contribution < -0.4 is 11.1 Å². The quantitative estimate of drug-likeness (QED) is 0.793. The molecular weight excluding hydrogens is 188 g/mol. The van der Waals surface area contributed by atoms with Gasteiger partial charge in [-0.1, -0.05) is 19.8 Å². The first-order valence-corrected chi connectivity index (χ1v) is 5.57. The maximum Gasteiger partial charge on any atom is 0.146 e. The second kappa shape index (κ2) is 4.47. The van der Waals surface area contributed by atoms with Gasteiger partial charge in [-0.3, -0.25) is 4.98 Å². The molecule has 0 amide bonds. The molecule has 2 unspecified atom stereocenters. The predicted molar refractivity (Wildman–Crippen MR) is 61.4 cm³/mol. The normalized spacial score (nSPS) is 25.4. The van der Waals surface area contributed by atoms with Gasteiger partial charge in [0.25, 0.3) is 0 Å². The second-order valence-corrected chi connectivity index (χ2v) is 4.38. The number of anilines is 2. The van der Waals surface area contributed by atoms with E-state index in [1.807, 2.05) is 0 Å². The average molecular weight is 206 g/mol. The minimum Gasteiger partial charge on any atom is -0.382 e. The summed E-state index contributed by atoms with van der Waals surface area (Å²) in [6.07, 6.45) is 7.31. The predicted octanol–water partition coefficient (Wildman–Crippen LogP) is 1.91. The molecule has 0 aromatic carbocycles. The zero-order valence-electron chi connectivity index (χ0n) is 9.11. The van der Waals surface area contributed by atoms with Crippen LogP contribution in [0.2, 0.25) is 0 Å². The van der Waals surface area contributed by atoms with Crippen LogP contribution in [0.3, 0.4) is 0 Å². The lowest BCUT2D eigenvalue weighted by atomic mass is 9.98. The van der Waals surface area contributed by atoms with Crippen molar-refractivity contribution in [2.45, 2.75) is 26.2 Å². The smallest absolute Gasteiger partial charge is 0.146 e. The van der Waals surface area contributed by atoms with E-state index in [0.717, 1.165) is 24.2 Å². The molecule has 1 saturated carbocycles. The SMILES string of the molecule is CC1CCCC1CNc1cncc(N)n1.